The van der Waals surface area contributed by atoms with Gasteiger partial charge >= 0.3 is 0 Å². The highest BCUT2D eigenvalue weighted by Crippen LogP contribution is 2.44. The summed E-state index contributed by atoms with van der Waals surface area (Å²) in [5.41, 5.74) is 3.16. The van der Waals surface area contributed by atoms with Gasteiger partial charge in [0.25, 0.3) is 5.91 Å². The van der Waals surface area contributed by atoms with Crippen LogP contribution in [-0.2, 0) is 0 Å². The van der Waals surface area contributed by atoms with Gasteiger partial charge in [0.2, 0.25) is 0 Å². The molecule has 1 atom stereocenters. The highest BCUT2D eigenvalue weighted by atomic mass is 16.5. The topological polar surface area (TPSA) is 98.7 Å². The van der Waals surface area contributed by atoms with Crippen molar-refractivity contribution in [3.63, 3.8) is 0 Å². The van der Waals surface area contributed by atoms with E-state index in [1.807, 2.05) is 30.3 Å². The Kier molecular flexibility index (Phi) is 6.23. The monoisotopic (exact) mass is 421 g/mol. The number of H-pyrrole nitrogens is 1. The quantitative estimate of drug-likeness (QED) is 0.455. The van der Waals surface area contributed by atoms with E-state index in [1.165, 1.54) is 0 Å². The maximum absolute atomic E-state index is 13.2. The number of unbranched alkanes of at least 4 members (excludes halogenated alkanes) is 1. The van der Waals surface area contributed by atoms with Crippen molar-refractivity contribution in [3.05, 3.63) is 65.4 Å². The molecule has 3 N–H and O–H groups in total. The Morgan fingerprint density at radius 2 is 2.00 bits per heavy atom. The summed E-state index contributed by atoms with van der Waals surface area (Å²) in [6.07, 6.45) is 2.49. The number of phenols is 1. The van der Waals surface area contributed by atoms with E-state index < -0.39 is 6.04 Å². The Labute approximate surface area is 181 Å². The van der Waals surface area contributed by atoms with Crippen LogP contribution in [0.1, 0.15) is 53.8 Å². The van der Waals surface area contributed by atoms with Gasteiger partial charge in [-0.05, 0) is 42.7 Å². The molecule has 7 nitrogen and oxygen atoms in total. The molecular weight excluding hydrogens is 394 g/mol. The number of carbonyl (C=O) groups excluding carboxylic acids is 1. The summed E-state index contributed by atoms with van der Waals surface area (Å²) in [4.78, 5) is 14.9. The first-order valence-electron chi connectivity index (χ1n) is 10.7. The van der Waals surface area contributed by atoms with Crippen LogP contribution in [0.3, 0.4) is 0 Å². The average Bonchev–Trinajstić information content (AvgIpc) is 3.32. The van der Waals surface area contributed by atoms with E-state index in [4.69, 9.17) is 4.74 Å². The number of aromatic amines is 1. The molecule has 4 rings (SSSR count). The number of aromatic hydroxyl groups is 1. The zero-order valence-corrected chi connectivity index (χ0v) is 17.5. The predicted molar refractivity (Wildman–Crippen MR) is 117 cm³/mol. The molecule has 0 bridgehead atoms. The van der Waals surface area contributed by atoms with E-state index in [-0.39, 0.29) is 18.3 Å². The normalized spacial score (nSPS) is 15.4. The minimum Gasteiger partial charge on any atom is -0.507 e. The molecule has 0 saturated heterocycles. The molecule has 2 heterocycles. The van der Waals surface area contributed by atoms with Gasteiger partial charge in [0.05, 0.1) is 12.6 Å². The van der Waals surface area contributed by atoms with Crippen molar-refractivity contribution in [2.75, 3.05) is 19.8 Å². The van der Waals surface area contributed by atoms with Gasteiger partial charge in [-0.2, -0.15) is 5.10 Å². The number of rotatable bonds is 9. The summed E-state index contributed by atoms with van der Waals surface area (Å²) >= 11 is 0. The van der Waals surface area contributed by atoms with E-state index in [0.717, 1.165) is 29.7 Å². The number of nitrogens with one attached hydrogen (secondary N) is 1. The van der Waals surface area contributed by atoms with Crippen molar-refractivity contribution in [1.82, 2.24) is 15.1 Å². The number of nitrogens with zero attached hydrogens (tertiary/aromatic N) is 2. The number of hydrogen-bond acceptors (Lipinski definition) is 5. The second-order valence-corrected chi connectivity index (χ2v) is 7.63. The van der Waals surface area contributed by atoms with E-state index in [0.29, 0.717) is 36.5 Å². The molecule has 162 valence electrons. The van der Waals surface area contributed by atoms with Crippen LogP contribution in [0.2, 0.25) is 0 Å². The number of hydrogen-bond donors (Lipinski definition) is 3. The van der Waals surface area contributed by atoms with Gasteiger partial charge in [0, 0.05) is 24.3 Å². The highest BCUT2D eigenvalue weighted by Gasteiger charge is 2.42. The number of para-hydroxylation sites is 1. The summed E-state index contributed by atoms with van der Waals surface area (Å²) < 4.78 is 5.89. The summed E-state index contributed by atoms with van der Waals surface area (Å²) in [7, 11) is 0. The lowest BCUT2D eigenvalue weighted by molar-refractivity contribution is 0.0732. The molecule has 1 aliphatic heterocycles. The molecule has 1 aliphatic rings. The van der Waals surface area contributed by atoms with Gasteiger partial charge in [-0.3, -0.25) is 9.89 Å². The van der Waals surface area contributed by atoms with Crippen LogP contribution in [0.25, 0.3) is 11.3 Å². The van der Waals surface area contributed by atoms with Gasteiger partial charge in [0.1, 0.15) is 22.9 Å². The third-order valence-corrected chi connectivity index (χ3v) is 5.52. The summed E-state index contributed by atoms with van der Waals surface area (Å²) in [5, 5.41) is 27.0. The zero-order chi connectivity index (χ0) is 21.8. The van der Waals surface area contributed by atoms with E-state index >= 15 is 0 Å². The largest absolute Gasteiger partial charge is 0.507 e. The Hall–Kier alpha value is -3.32. The molecular formula is C24H27N3O4. The van der Waals surface area contributed by atoms with Crippen LogP contribution < -0.4 is 4.74 Å². The summed E-state index contributed by atoms with van der Waals surface area (Å²) in [6.45, 7) is 3.15. The minimum absolute atomic E-state index is 0.00478. The molecule has 0 saturated carbocycles. The minimum atomic E-state index is -0.392. The molecule has 1 unspecified atom stereocenters. The molecule has 1 aromatic heterocycles. The van der Waals surface area contributed by atoms with Crippen molar-refractivity contribution in [2.45, 2.75) is 32.2 Å². The number of aromatic nitrogens is 2. The summed E-state index contributed by atoms with van der Waals surface area (Å²) in [6, 6.07) is 14.3. The van der Waals surface area contributed by atoms with Gasteiger partial charge in [0.15, 0.2) is 0 Å². The van der Waals surface area contributed by atoms with Gasteiger partial charge in [-0.25, -0.2) is 0 Å². The molecule has 1 amide bonds. The van der Waals surface area contributed by atoms with Crippen LogP contribution in [0.4, 0.5) is 0 Å². The number of ether oxygens (including phenoxy) is 1. The first-order chi connectivity index (χ1) is 15.2. The van der Waals surface area contributed by atoms with Crippen molar-refractivity contribution >= 4 is 5.91 Å². The third-order valence-electron chi connectivity index (χ3n) is 5.52. The molecule has 2 aromatic carbocycles. The number of aliphatic hydroxyl groups is 1. The average molecular weight is 421 g/mol. The van der Waals surface area contributed by atoms with Crippen molar-refractivity contribution in [1.29, 1.82) is 0 Å². The number of carbonyl (C=O) groups is 1. The van der Waals surface area contributed by atoms with Crippen LogP contribution in [0.15, 0.2) is 48.5 Å². The fraction of sp³-hybridized carbons (Fsp3) is 0.333. The number of aliphatic hydroxyl groups excluding tert-OH is 1. The maximum atomic E-state index is 13.2. The molecule has 3 aromatic rings. The second-order valence-electron chi connectivity index (χ2n) is 7.63. The van der Waals surface area contributed by atoms with Crippen molar-refractivity contribution in [3.8, 4) is 22.8 Å². The first-order valence-corrected chi connectivity index (χ1v) is 10.7. The zero-order valence-electron chi connectivity index (χ0n) is 17.5. The molecule has 0 spiro atoms. The lowest BCUT2D eigenvalue weighted by atomic mass is 9.95. The van der Waals surface area contributed by atoms with Gasteiger partial charge < -0.3 is 19.8 Å². The van der Waals surface area contributed by atoms with Crippen LogP contribution in [0, 0.1) is 0 Å². The van der Waals surface area contributed by atoms with E-state index in [1.54, 1.807) is 23.1 Å². The number of phenolic OH excluding ortho intramolecular Hbond substituents is 1. The van der Waals surface area contributed by atoms with Gasteiger partial charge in [-0.15, -0.1) is 0 Å². The molecule has 0 radical (unpaired) electrons. The Morgan fingerprint density at radius 3 is 2.77 bits per heavy atom. The summed E-state index contributed by atoms with van der Waals surface area (Å²) in [5.74, 6) is 0.690. The fourth-order valence-electron chi connectivity index (χ4n) is 4.00. The molecule has 7 heteroatoms. The molecule has 31 heavy (non-hydrogen) atoms. The van der Waals surface area contributed by atoms with Crippen molar-refractivity contribution < 1.29 is 19.7 Å². The number of benzene rings is 2. The first kappa shape index (κ1) is 20.9. The maximum Gasteiger partial charge on any atom is 0.273 e. The molecule has 0 fully saturated rings. The van der Waals surface area contributed by atoms with Crippen LogP contribution in [-0.4, -0.2) is 51.0 Å². The van der Waals surface area contributed by atoms with E-state index in [9.17, 15) is 15.0 Å². The van der Waals surface area contributed by atoms with Crippen LogP contribution in [0.5, 0.6) is 11.5 Å². The molecule has 0 aliphatic carbocycles. The van der Waals surface area contributed by atoms with Crippen molar-refractivity contribution in [2.24, 2.45) is 0 Å². The predicted octanol–water partition coefficient (Wildman–Crippen LogP) is 3.89. The fourth-order valence-corrected chi connectivity index (χ4v) is 4.00. The number of amides is 1. The lowest BCUT2D eigenvalue weighted by Crippen LogP contribution is -2.31. The number of fused-ring (bicyclic) bond motifs is 1. The lowest BCUT2D eigenvalue weighted by Gasteiger charge is -2.26. The smallest absolute Gasteiger partial charge is 0.273 e. The Bertz CT molecular complexity index is 1060. The highest BCUT2D eigenvalue weighted by molar-refractivity contribution is 6.00. The van der Waals surface area contributed by atoms with E-state index in [2.05, 4.69) is 17.1 Å². The van der Waals surface area contributed by atoms with Gasteiger partial charge in [-0.1, -0.05) is 37.6 Å². The SMILES string of the molecule is CCCCOc1cccc(C2c3c(-c4ccccc4O)n[nH]c3C(=O)N2CCCO)c1. The third kappa shape index (κ3) is 4.01. The standard InChI is InChI=1S/C24H27N3O4/c1-2-3-14-31-17-9-6-8-16(15-17)23-20-21(18-10-4-5-11-19(18)29)25-26-22(20)24(30)27(23)12-7-13-28/h4-6,8-11,15,23,28-29H,2-3,7,12-14H2,1H3,(H,25,26). The van der Waals surface area contributed by atoms with Crippen LogP contribution >= 0.6 is 0 Å². The Morgan fingerprint density at radius 1 is 1.16 bits per heavy atom. The Balaban J connectivity index is 1.79. The second kappa shape index (κ2) is 9.22.